The maximum atomic E-state index is 10.8. The molecule has 2 N–H and O–H groups in total. The molecule has 0 fully saturated rings. The van der Waals surface area contributed by atoms with Crippen LogP contribution in [0.25, 0.3) is 0 Å². The Bertz CT molecular complexity index is 334. The zero-order valence-electron chi connectivity index (χ0n) is 6.98. The van der Waals surface area contributed by atoms with Crippen molar-refractivity contribution in [3.05, 3.63) is 29.8 Å². The summed E-state index contributed by atoms with van der Waals surface area (Å²) >= 11 is -2.07. The summed E-state index contributed by atoms with van der Waals surface area (Å²) in [5, 5.41) is 0. The predicted molar refractivity (Wildman–Crippen MR) is 50.8 cm³/mol. The number of carbonyl (C=O) groups is 1. The minimum absolute atomic E-state index is 0.0309. The fourth-order valence-electron chi connectivity index (χ4n) is 0.874. The molecule has 0 aromatic heterocycles. The Morgan fingerprint density at radius 3 is 2.31 bits per heavy atom. The molecule has 1 aromatic rings. The van der Waals surface area contributed by atoms with Crippen LogP contribution in [-0.4, -0.2) is 14.5 Å². The molecule has 0 radical (unpaired) electrons. The van der Waals surface area contributed by atoms with E-state index in [0.717, 1.165) is 0 Å². The maximum absolute atomic E-state index is 10.8. The summed E-state index contributed by atoms with van der Waals surface area (Å²) in [7, 11) is 0. The molecule has 1 rings (SSSR count). The molecular formula is C8H9NO3S. The fourth-order valence-corrected chi connectivity index (χ4v) is 1.21. The lowest BCUT2D eigenvalue weighted by atomic mass is 10.1. The van der Waals surface area contributed by atoms with Crippen molar-refractivity contribution in [1.29, 1.82) is 0 Å². The van der Waals surface area contributed by atoms with Crippen molar-refractivity contribution in [1.82, 2.24) is 0 Å². The Balaban J connectivity index is 2.81. The van der Waals surface area contributed by atoms with Crippen LogP contribution in [0.3, 0.4) is 0 Å². The molecule has 1 unspecified atom stereocenters. The molecule has 0 amide bonds. The van der Waals surface area contributed by atoms with Crippen LogP contribution in [0.2, 0.25) is 0 Å². The Hall–Kier alpha value is -1.20. The first-order chi connectivity index (χ1) is 6.09. The molecule has 0 saturated carbocycles. The molecule has 1 atom stereocenters. The molecular weight excluding hydrogens is 190 g/mol. The van der Waals surface area contributed by atoms with Gasteiger partial charge in [-0.2, -0.15) is 0 Å². The summed E-state index contributed by atoms with van der Waals surface area (Å²) in [6.45, 7) is 1.46. The van der Waals surface area contributed by atoms with Gasteiger partial charge in [-0.25, -0.2) is 4.21 Å². The van der Waals surface area contributed by atoms with E-state index in [2.05, 4.69) is 4.72 Å². The highest BCUT2D eigenvalue weighted by Crippen LogP contribution is 2.09. The fraction of sp³-hybridized carbons (Fsp3) is 0.125. The molecule has 0 spiro atoms. The van der Waals surface area contributed by atoms with Crippen molar-refractivity contribution in [3.8, 4) is 0 Å². The normalized spacial score (nSPS) is 12.2. The smallest absolute Gasteiger partial charge is 0.259 e. The van der Waals surface area contributed by atoms with Gasteiger partial charge in [0.15, 0.2) is 5.78 Å². The van der Waals surface area contributed by atoms with Crippen molar-refractivity contribution in [3.63, 3.8) is 0 Å². The lowest BCUT2D eigenvalue weighted by Crippen LogP contribution is -2.02. The van der Waals surface area contributed by atoms with Crippen molar-refractivity contribution < 1.29 is 13.6 Å². The number of hydrogen-bond acceptors (Lipinski definition) is 2. The summed E-state index contributed by atoms with van der Waals surface area (Å²) in [4.78, 5) is 10.8. The lowest BCUT2D eigenvalue weighted by Gasteiger charge is -2.00. The van der Waals surface area contributed by atoms with E-state index in [9.17, 15) is 9.00 Å². The quantitative estimate of drug-likeness (QED) is 0.571. The van der Waals surface area contributed by atoms with Crippen molar-refractivity contribution in [2.24, 2.45) is 0 Å². The second kappa shape index (κ2) is 4.15. The average Bonchev–Trinajstić information content (AvgIpc) is 2.04. The first kappa shape index (κ1) is 9.88. The first-order valence-electron chi connectivity index (χ1n) is 3.58. The SMILES string of the molecule is CC(=O)c1ccc(NS(=O)O)cc1. The minimum atomic E-state index is -2.07. The highest BCUT2D eigenvalue weighted by Gasteiger charge is 1.99. The molecule has 0 aliphatic carbocycles. The monoisotopic (exact) mass is 199 g/mol. The van der Waals surface area contributed by atoms with Crippen LogP contribution < -0.4 is 4.72 Å². The molecule has 4 nitrogen and oxygen atoms in total. The molecule has 13 heavy (non-hydrogen) atoms. The van der Waals surface area contributed by atoms with Gasteiger partial charge in [-0.05, 0) is 31.2 Å². The highest BCUT2D eigenvalue weighted by molar-refractivity contribution is 7.80. The van der Waals surface area contributed by atoms with Gasteiger partial charge in [-0.1, -0.05) is 0 Å². The van der Waals surface area contributed by atoms with Gasteiger partial charge in [-0.3, -0.25) is 14.1 Å². The summed E-state index contributed by atoms with van der Waals surface area (Å²) in [5.41, 5.74) is 1.08. The topological polar surface area (TPSA) is 66.4 Å². The Kier molecular flexibility index (Phi) is 3.16. The number of nitrogens with one attached hydrogen (secondary N) is 1. The van der Waals surface area contributed by atoms with Gasteiger partial charge in [0.25, 0.3) is 11.3 Å². The lowest BCUT2D eigenvalue weighted by molar-refractivity contribution is 0.101. The van der Waals surface area contributed by atoms with Crippen molar-refractivity contribution >= 4 is 22.7 Å². The van der Waals surface area contributed by atoms with E-state index in [1.54, 1.807) is 24.3 Å². The summed E-state index contributed by atoms with van der Waals surface area (Å²) in [5.74, 6) is -0.0309. The third-order valence-corrected chi connectivity index (χ3v) is 1.91. The van der Waals surface area contributed by atoms with E-state index in [1.165, 1.54) is 6.92 Å². The van der Waals surface area contributed by atoms with Gasteiger partial charge in [0.05, 0.1) is 0 Å². The summed E-state index contributed by atoms with van der Waals surface area (Å²) in [6, 6.07) is 6.34. The number of benzene rings is 1. The van der Waals surface area contributed by atoms with E-state index in [1.807, 2.05) is 0 Å². The Morgan fingerprint density at radius 2 is 1.92 bits per heavy atom. The van der Waals surface area contributed by atoms with E-state index in [-0.39, 0.29) is 5.78 Å². The summed E-state index contributed by atoms with van der Waals surface area (Å²) < 4.78 is 21.1. The van der Waals surface area contributed by atoms with Gasteiger partial charge in [0, 0.05) is 11.3 Å². The summed E-state index contributed by atoms with van der Waals surface area (Å²) in [6.07, 6.45) is 0. The molecule has 0 aliphatic rings. The van der Waals surface area contributed by atoms with Gasteiger partial charge in [0.2, 0.25) is 0 Å². The number of anilines is 1. The van der Waals surface area contributed by atoms with Gasteiger partial charge in [0.1, 0.15) is 0 Å². The van der Waals surface area contributed by atoms with Crippen LogP contribution in [0.4, 0.5) is 5.69 Å². The average molecular weight is 199 g/mol. The molecule has 5 heteroatoms. The van der Waals surface area contributed by atoms with Crippen LogP contribution in [0.15, 0.2) is 24.3 Å². The second-order valence-corrected chi connectivity index (χ2v) is 3.19. The van der Waals surface area contributed by atoms with Crippen LogP contribution >= 0.6 is 0 Å². The number of ketones is 1. The van der Waals surface area contributed by atoms with Crippen LogP contribution in [-0.2, 0) is 11.3 Å². The predicted octanol–water partition coefficient (Wildman–Crippen LogP) is 1.44. The van der Waals surface area contributed by atoms with Crippen molar-refractivity contribution in [2.75, 3.05) is 4.72 Å². The van der Waals surface area contributed by atoms with Gasteiger partial charge < -0.3 is 0 Å². The number of hydrogen-bond donors (Lipinski definition) is 2. The molecule has 0 bridgehead atoms. The second-order valence-electron chi connectivity index (χ2n) is 2.48. The van der Waals surface area contributed by atoms with E-state index in [4.69, 9.17) is 4.55 Å². The number of carbonyl (C=O) groups excluding carboxylic acids is 1. The zero-order valence-corrected chi connectivity index (χ0v) is 7.80. The Labute approximate surface area is 78.4 Å². The number of Topliss-reactive ketones (excluding diaryl/α,β-unsaturated/α-hetero) is 1. The third kappa shape index (κ3) is 2.96. The molecule has 1 aromatic carbocycles. The minimum Gasteiger partial charge on any atom is -0.295 e. The van der Waals surface area contributed by atoms with Crippen molar-refractivity contribution in [2.45, 2.75) is 6.92 Å². The van der Waals surface area contributed by atoms with Gasteiger partial charge in [-0.15, -0.1) is 0 Å². The van der Waals surface area contributed by atoms with Crippen LogP contribution in [0.1, 0.15) is 17.3 Å². The first-order valence-corrected chi connectivity index (χ1v) is 4.69. The number of rotatable bonds is 3. The molecule has 0 saturated heterocycles. The van der Waals surface area contributed by atoms with E-state index in [0.29, 0.717) is 11.3 Å². The zero-order chi connectivity index (χ0) is 9.84. The van der Waals surface area contributed by atoms with Gasteiger partial charge >= 0.3 is 0 Å². The van der Waals surface area contributed by atoms with E-state index >= 15 is 0 Å². The third-order valence-electron chi connectivity index (χ3n) is 1.50. The maximum Gasteiger partial charge on any atom is 0.259 e. The molecule has 70 valence electrons. The molecule has 0 aliphatic heterocycles. The largest absolute Gasteiger partial charge is 0.295 e. The standard InChI is InChI=1S/C8H9NO3S/c1-6(10)7-2-4-8(5-3-7)9-13(11)12/h2-5,9H,1H3,(H,11,12). The Morgan fingerprint density at radius 1 is 1.38 bits per heavy atom. The molecule has 0 heterocycles. The van der Waals surface area contributed by atoms with E-state index < -0.39 is 11.3 Å². The van der Waals surface area contributed by atoms with Crippen LogP contribution in [0, 0.1) is 0 Å². The van der Waals surface area contributed by atoms with Crippen LogP contribution in [0.5, 0.6) is 0 Å². The highest BCUT2D eigenvalue weighted by atomic mass is 32.2.